The Morgan fingerprint density at radius 1 is 1.18 bits per heavy atom. The van der Waals surface area contributed by atoms with E-state index in [2.05, 4.69) is 13.0 Å². The van der Waals surface area contributed by atoms with Gasteiger partial charge in [-0.1, -0.05) is 19.4 Å². The van der Waals surface area contributed by atoms with Crippen molar-refractivity contribution >= 4 is 18.3 Å². The number of piperidine rings is 1. The van der Waals surface area contributed by atoms with Gasteiger partial charge in [0.15, 0.2) is 11.5 Å². The molecule has 0 aliphatic carbocycles. The van der Waals surface area contributed by atoms with Crippen molar-refractivity contribution in [1.29, 1.82) is 0 Å². The van der Waals surface area contributed by atoms with E-state index in [0.29, 0.717) is 44.3 Å². The summed E-state index contributed by atoms with van der Waals surface area (Å²) >= 11 is 0. The van der Waals surface area contributed by atoms with E-state index in [-0.39, 0.29) is 30.4 Å². The van der Waals surface area contributed by atoms with Gasteiger partial charge in [0.05, 0.1) is 25.9 Å². The first kappa shape index (κ1) is 29.5. The van der Waals surface area contributed by atoms with Gasteiger partial charge in [-0.3, -0.25) is 4.79 Å². The number of halogens is 1. The molecule has 1 aliphatic rings. The van der Waals surface area contributed by atoms with Gasteiger partial charge in [-0.2, -0.15) is 0 Å². The van der Waals surface area contributed by atoms with Crippen LogP contribution in [-0.4, -0.2) is 68.1 Å². The molecule has 0 bridgehead atoms. The summed E-state index contributed by atoms with van der Waals surface area (Å²) in [7, 11) is 3.32. The summed E-state index contributed by atoms with van der Waals surface area (Å²) in [6.07, 6.45) is 5.05. The van der Waals surface area contributed by atoms with Crippen LogP contribution in [0.4, 0.5) is 0 Å². The molecule has 1 aliphatic heterocycles. The Balaban J connectivity index is 0.00000544. The van der Waals surface area contributed by atoms with E-state index in [1.165, 1.54) is 0 Å². The fourth-order valence-corrected chi connectivity index (χ4v) is 4.40. The third-order valence-electron chi connectivity index (χ3n) is 6.47. The third-order valence-corrected chi connectivity index (χ3v) is 6.47. The zero-order valence-electron chi connectivity index (χ0n) is 20.6. The highest BCUT2D eigenvalue weighted by molar-refractivity contribution is 5.85. The lowest BCUT2D eigenvalue weighted by Crippen LogP contribution is -2.53. The van der Waals surface area contributed by atoms with Gasteiger partial charge in [0.1, 0.15) is 0 Å². The van der Waals surface area contributed by atoms with Crippen molar-refractivity contribution in [1.82, 2.24) is 4.90 Å². The van der Waals surface area contributed by atoms with Crippen LogP contribution in [0.1, 0.15) is 57.9 Å². The minimum absolute atomic E-state index is 0. The molecule has 1 fully saturated rings. The van der Waals surface area contributed by atoms with Crippen LogP contribution < -0.4 is 15.2 Å². The number of nitrogens with zero attached hydrogens (tertiary/aromatic N) is 1. The number of carbonyl (C=O) groups excluding carboxylic acids is 1. The van der Waals surface area contributed by atoms with Gasteiger partial charge in [0, 0.05) is 39.1 Å². The van der Waals surface area contributed by atoms with Crippen LogP contribution in [0, 0.1) is 5.92 Å². The van der Waals surface area contributed by atoms with E-state index in [1.54, 1.807) is 19.1 Å². The van der Waals surface area contributed by atoms with E-state index in [4.69, 9.17) is 19.9 Å². The molecule has 0 radical (unpaired) electrons. The predicted octanol–water partition coefficient (Wildman–Crippen LogP) is 3.58. The normalized spacial score (nSPS) is 17.6. The lowest BCUT2D eigenvalue weighted by atomic mass is 9.87. The van der Waals surface area contributed by atoms with Crippen molar-refractivity contribution in [2.45, 2.75) is 77.0 Å². The van der Waals surface area contributed by atoms with E-state index >= 15 is 0 Å². The lowest BCUT2D eigenvalue weighted by Gasteiger charge is -2.37. The zero-order chi connectivity index (χ0) is 23.5. The molecule has 0 saturated carbocycles. The number of methoxy groups -OCH3 is 2. The van der Waals surface area contributed by atoms with Crippen LogP contribution in [0.2, 0.25) is 0 Å². The predicted molar refractivity (Wildman–Crippen MR) is 133 cm³/mol. The van der Waals surface area contributed by atoms with E-state index in [1.807, 2.05) is 19.1 Å². The second-order valence-electron chi connectivity index (χ2n) is 8.83. The maximum absolute atomic E-state index is 12.2. The Hall–Kier alpha value is -1.54. The van der Waals surface area contributed by atoms with Crippen LogP contribution in [0.15, 0.2) is 18.2 Å². The van der Waals surface area contributed by atoms with Crippen molar-refractivity contribution in [3.63, 3.8) is 0 Å². The van der Waals surface area contributed by atoms with Crippen molar-refractivity contribution in [3.05, 3.63) is 23.8 Å². The molecule has 1 unspecified atom stereocenters. The third kappa shape index (κ3) is 8.96. The molecule has 1 aromatic rings. The number of hydrogen-bond donors (Lipinski definition) is 2. The Morgan fingerprint density at radius 3 is 2.58 bits per heavy atom. The molecule has 1 amide bonds. The molecule has 0 aromatic heterocycles. The fraction of sp³-hybridized carbons (Fsp3) is 0.720. The van der Waals surface area contributed by atoms with Crippen LogP contribution in [0.5, 0.6) is 11.5 Å². The average molecular weight is 487 g/mol. The number of rotatable bonds is 14. The molecule has 1 heterocycles. The summed E-state index contributed by atoms with van der Waals surface area (Å²) in [6, 6.07) is 5.38. The standard InChI is InChI=1S/C25H42N2O5.ClH/c1-5-19(16-21(26)25(29)18(2)27-12-7-6-9-24(27)28)15-20-10-11-22(31-4)23(17-20)32-14-8-13-30-3;/h10-11,17-19,21,25,29H,5-9,12-16,26H2,1-4H3;1H/t18?,19-,21-,25+;/m0./s1. The van der Waals surface area contributed by atoms with Crippen LogP contribution >= 0.6 is 12.4 Å². The minimum Gasteiger partial charge on any atom is -0.493 e. The molecule has 0 spiro atoms. The molecule has 33 heavy (non-hydrogen) atoms. The number of aliphatic hydroxyl groups is 1. The number of aliphatic hydroxyl groups excluding tert-OH is 1. The van der Waals surface area contributed by atoms with Crippen molar-refractivity contribution < 1.29 is 24.1 Å². The highest BCUT2D eigenvalue weighted by Gasteiger charge is 2.32. The summed E-state index contributed by atoms with van der Waals surface area (Å²) in [6.45, 7) is 5.98. The lowest BCUT2D eigenvalue weighted by molar-refractivity contribution is -0.138. The highest BCUT2D eigenvalue weighted by atomic mass is 35.5. The Bertz CT molecular complexity index is 705. The first-order valence-corrected chi connectivity index (χ1v) is 11.9. The fourth-order valence-electron chi connectivity index (χ4n) is 4.40. The van der Waals surface area contributed by atoms with E-state index in [9.17, 15) is 9.90 Å². The molecule has 190 valence electrons. The van der Waals surface area contributed by atoms with Crippen LogP contribution in [-0.2, 0) is 16.0 Å². The largest absolute Gasteiger partial charge is 0.493 e. The van der Waals surface area contributed by atoms with E-state index in [0.717, 1.165) is 43.4 Å². The number of likely N-dealkylation sites (tertiary alicyclic amines) is 1. The topological polar surface area (TPSA) is 94.2 Å². The maximum atomic E-state index is 12.2. The summed E-state index contributed by atoms with van der Waals surface area (Å²) in [5.74, 6) is 1.89. The van der Waals surface area contributed by atoms with Gasteiger partial charge in [-0.25, -0.2) is 0 Å². The van der Waals surface area contributed by atoms with Crippen LogP contribution in [0.3, 0.4) is 0 Å². The van der Waals surface area contributed by atoms with Gasteiger partial charge in [-0.15, -0.1) is 12.4 Å². The number of amides is 1. The molecule has 7 nitrogen and oxygen atoms in total. The molecule has 2 rings (SSSR count). The Labute approximate surface area is 205 Å². The van der Waals surface area contributed by atoms with Gasteiger partial charge >= 0.3 is 0 Å². The summed E-state index contributed by atoms with van der Waals surface area (Å²) < 4.78 is 16.4. The van der Waals surface area contributed by atoms with Crippen molar-refractivity contribution in [2.24, 2.45) is 11.7 Å². The smallest absolute Gasteiger partial charge is 0.222 e. The molecule has 1 saturated heterocycles. The Morgan fingerprint density at radius 2 is 1.94 bits per heavy atom. The number of hydrogen-bond acceptors (Lipinski definition) is 6. The first-order valence-electron chi connectivity index (χ1n) is 11.9. The molecular formula is C25H43ClN2O5. The molecular weight excluding hydrogens is 444 g/mol. The number of benzene rings is 1. The van der Waals surface area contributed by atoms with Gasteiger partial charge in [-0.05, 0) is 56.2 Å². The molecule has 4 atom stereocenters. The van der Waals surface area contributed by atoms with Gasteiger partial charge < -0.3 is 30.0 Å². The average Bonchev–Trinajstić information content (AvgIpc) is 2.80. The quantitative estimate of drug-likeness (QED) is 0.390. The van der Waals surface area contributed by atoms with Crippen LogP contribution in [0.25, 0.3) is 0 Å². The van der Waals surface area contributed by atoms with Gasteiger partial charge in [0.25, 0.3) is 0 Å². The summed E-state index contributed by atoms with van der Waals surface area (Å²) in [5.41, 5.74) is 7.58. The molecule has 8 heteroatoms. The number of nitrogens with two attached hydrogens (primary N) is 1. The van der Waals surface area contributed by atoms with Crippen molar-refractivity contribution in [2.75, 3.05) is 34.0 Å². The monoisotopic (exact) mass is 486 g/mol. The van der Waals surface area contributed by atoms with Gasteiger partial charge in [0.2, 0.25) is 5.91 Å². The summed E-state index contributed by atoms with van der Waals surface area (Å²) in [4.78, 5) is 14.0. The van der Waals surface area contributed by atoms with Crippen molar-refractivity contribution in [3.8, 4) is 11.5 Å². The number of ether oxygens (including phenoxy) is 3. The highest BCUT2D eigenvalue weighted by Crippen LogP contribution is 2.30. The van der Waals surface area contributed by atoms with E-state index < -0.39 is 6.10 Å². The molecule has 3 N–H and O–H groups in total. The second kappa shape index (κ2) is 15.4. The zero-order valence-corrected chi connectivity index (χ0v) is 21.4. The molecule has 1 aromatic carbocycles. The first-order chi connectivity index (χ1) is 15.4. The number of carbonyl (C=O) groups is 1. The summed E-state index contributed by atoms with van der Waals surface area (Å²) in [5, 5.41) is 10.9. The Kier molecular flexibility index (Phi) is 13.7. The second-order valence-corrected chi connectivity index (χ2v) is 8.83. The SMILES string of the molecule is CC[C@@H](Cc1ccc(OC)c(OCCCOC)c1)C[C@H](N)[C@H](O)C(C)N1CCCCC1=O.Cl. The maximum Gasteiger partial charge on any atom is 0.222 e. The minimum atomic E-state index is -0.735.